The molecule has 4 rings (SSSR count). The highest BCUT2D eigenvalue weighted by Crippen LogP contribution is 2.33. The van der Waals surface area contributed by atoms with Crippen LogP contribution in [-0.4, -0.2) is 46.7 Å². The van der Waals surface area contributed by atoms with E-state index in [1.807, 2.05) is 63.2 Å². The van der Waals surface area contributed by atoms with Gasteiger partial charge in [0.2, 0.25) is 0 Å². The summed E-state index contributed by atoms with van der Waals surface area (Å²) < 4.78 is 12.2. The summed E-state index contributed by atoms with van der Waals surface area (Å²) in [7, 11) is 0. The zero-order valence-electron chi connectivity index (χ0n) is 22.8. The number of nitrogens with one attached hydrogen (secondary N) is 1. The Morgan fingerprint density at radius 2 is 1.68 bits per heavy atom. The van der Waals surface area contributed by atoms with Gasteiger partial charge in [-0.1, -0.05) is 52.3 Å². The number of benzene rings is 3. The molecule has 1 saturated heterocycles. The van der Waals surface area contributed by atoms with Crippen molar-refractivity contribution < 1.29 is 29.0 Å². The number of halogens is 1. The van der Waals surface area contributed by atoms with Gasteiger partial charge in [-0.2, -0.15) is 0 Å². The molecule has 0 bridgehead atoms. The fraction of sp³-hybridized carbons (Fsp3) is 0.323. The molecule has 0 aliphatic carbocycles. The summed E-state index contributed by atoms with van der Waals surface area (Å²) in [5.41, 5.74) is 1.81. The first kappa shape index (κ1) is 29.1. The Morgan fingerprint density at radius 1 is 0.975 bits per heavy atom. The van der Waals surface area contributed by atoms with Crippen LogP contribution < -0.4 is 10.1 Å². The lowest BCUT2D eigenvalue weighted by molar-refractivity contribution is 0.0204. The number of carbonyl (C=O) groups is 3. The summed E-state index contributed by atoms with van der Waals surface area (Å²) in [5, 5.41) is 12.4. The van der Waals surface area contributed by atoms with Crippen LogP contribution in [0.15, 0.2) is 71.2 Å². The molecule has 3 aromatic carbocycles. The van der Waals surface area contributed by atoms with Gasteiger partial charge in [0.25, 0.3) is 5.91 Å². The summed E-state index contributed by atoms with van der Waals surface area (Å²) in [6, 6.07) is 19.8. The molecule has 1 heterocycles. The second kappa shape index (κ2) is 12.6. The highest BCUT2D eigenvalue weighted by atomic mass is 79.9. The molecular weight excluding hydrogens is 576 g/mol. The van der Waals surface area contributed by atoms with Gasteiger partial charge < -0.3 is 24.8 Å². The van der Waals surface area contributed by atoms with Crippen LogP contribution in [-0.2, 0) is 11.3 Å². The molecule has 0 spiro atoms. The minimum Gasteiger partial charge on any atom is -0.488 e. The van der Waals surface area contributed by atoms with Crippen LogP contribution in [0.25, 0.3) is 0 Å². The van der Waals surface area contributed by atoms with Crippen molar-refractivity contribution in [1.29, 1.82) is 0 Å². The molecule has 0 saturated carbocycles. The van der Waals surface area contributed by atoms with Crippen LogP contribution in [0.2, 0.25) is 0 Å². The molecule has 9 heteroatoms. The van der Waals surface area contributed by atoms with E-state index in [0.717, 1.165) is 24.0 Å². The van der Waals surface area contributed by atoms with Gasteiger partial charge in [-0.25, -0.2) is 9.59 Å². The molecule has 40 heavy (non-hydrogen) atoms. The maximum Gasteiger partial charge on any atom is 0.410 e. The van der Waals surface area contributed by atoms with Crippen molar-refractivity contribution in [2.24, 2.45) is 0 Å². The largest absolute Gasteiger partial charge is 0.488 e. The first-order valence-electron chi connectivity index (χ1n) is 13.1. The number of hydrogen-bond donors (Lipinski definition) is 2. The maximum atomic E-state index is 13.6. The molecule has 1 aliphatic heterocycles. The lowest BCUT2D eigenvalue weighted by atomic mass is 9.88. The number of hydrogen-bond acceptors (Lipinski definition) is 5. The number of nitrogens with zero attached hydrogens (tertiary/aromatic N) is 1. The molecule has 1 fully saturated rings. The summed E-state index contributed by atoms with van der Waals surface area (Å²) in [6.07, 6.45) is 1.12. The first-order chi connectivity index (χ1) is 19.0. The second-order valence-electron chi connectivity index (χ2n) is 10.7. The molecule has 8 nitrogen and oxygen atoms in total. The monoisotopic (exact) mass is 608 g/mol. The molecule has 2 amide bonds. The maximum absolute atomic E-state index is 13.6. The average Bonchev–Trinajstić information content (AvgIpc) is 2.91. The fourth-order valence-electron chi connectivity index (χ4n) is 4.56. The lowest BCUT2D eigenvalue weighted by Crippen LogP contribution is -2.41. The van der Waals surface area contributed by atoms with Crippen molar-refractivity contribution >= 4 is 39.6 Å². The van der Waals surface area contributed by atoms with Crippen LogP contribution in [0.3, 0.4) is 0 Å². The molecular formula is C31H33BrN2O6. The summed E-state index contributed by atoms with van der Waals surface area (Å²) >= 11 is 3.35. The molecule has 0 atom stereocenters. The third-order valence-electron chi connectivity index (χ3n) is 6.56. The number of likely N-dealkylation sites (tertiary alicyclic amines) is 1. The van der Waals surface area contributed by atoms with Gasteiger partial charge in [0.15, 0.2) is 0 Å². The molecule has 210 valence electrons. The van der Waals surface area contributed by atoms with Crippen LogP contribution in [0.1, 0.15) is 71.4 Å². The van der Waals surface area contributed by atoms with E-state index in [2.05, 4.69) is 21.2 Å². The highest BCUT2D eigenvalue weighted by Gasteiger charge is 2.28. The minimum absolute atomic E-state index is 0.0195. The predicted octanol–water partition coefficient (Wildman–Crippen LogP) is 7.09. The zero-order chi connectivity index (χ0) is 28.9. The number of anilines is 1. The SMILES string of the molecule is CC(C)(C)OC(=O)N1CCC(c2ccc(OCc3ccccc3)c(C(=O)Nc3cc(Br)ccc3C(=O)O)c2)CC1. The Bertz CT molecular complexity index is 1380. The van der Waals surface area contributed by atoms with E-state index < -0.39 is 17.5 Å². The molecule has 1 aliphatic rings. The first-order valence-corrected chi connectivity index (χ1v) is 13.9. The third kappa shape index (κ3) is 7.63. The molecule has 0 radical (unpaired) electrons. The number of aromatic carboxylic acids is 1. The number of piperidine rings is 1. The molecule has 2 N–H and O–H groups in total. The van der Waals surface area contributed by atoms with Gasteiger partial charge >= 0.3 is 12.1 Å². The van der Waals surface area contributed by atoms with E-state index in [1.54, 1.807) is 23.1 Å². The Hall–Kier alpha value is -3.85. The second-order valence-corrected chi connectivity index (χ2v) is 11.6. The van der Waals surface area contributed by atoms with Gasteiger partial charge in [0, 0.05) is 17.6 Å². The smallest absolute Gasteiger partial charge is 0.410 e. The zero-order valence-corrected chi connectivity index (χ0v) is 24.4. The number of rotatable bonds is 7. The lowest BCUT2D eigenvalue weighted by Gasteiger charge is -2.33. The number of carboxylic acids is 1. The van der Waals surface area contributed by atoms with Crippen molar-refractivity contribution in [3.05, 3.63) is 93.5 Å². The van der Waals surface area contributed by atoms with Crippen molar-refractivity contribution in [3.8, 4) is 5.75 Å². The van der Waals surface area contributed by atoms with Crippen LogP contribution in [0.4, 0.5) is 10.5 Å². The summed E-state index contributed by atoms with van der Waals surface area (Å²) in [4.78, 5) is 39.5. The standard InChI is InChI=1S/C31H33BrN2O6/c1-31(2,3)40-30(38)34-15-13-21(14-16-34)22-9-12-27(39-19-20-7-5-4-6-8-20)25(17-22)28(35)33-26-18-23(32)10-11-24(26)29(36)37/h4-12,17-18,21H,13-16,19H2,1-3H3,(H,33,35)(H,36,37). The van der Waals surface area contributed by atoms with Crippen LogP contribution >= 0.6 is 15.9 Å². The average molecular weight is 610 g/mol. The topological polar surface area (TPSA) is 105 Å². The Kier molecular flexibility index (Phi) is 9.14. The number of carbonyl (C=O) groups excluding carboxylic acids is 2. The summed E-state index contributed by atoms with van der Waals surface area (Å²) in [5.74, 6) is -1.09. The van der Waals surface area contributed by atoms with E-state index >= 15 is 0 Å². The van der Waals surface area contributed by atoms with E-state index in [-0.39, 0.29) is 29.9 Å². The Morgan fingerprint density at radius 3 is 2.33 bits per heavy atom. The van der Waals surface area contributed by atoms with Crippen LogP contribution in [0, 0.1) is 0 Å². The quantitative estimate of drug-likeness (QED) is 0.296. The summed E-state index contributed by atoms with van der Waals surface area (Å²) in [6.45, 7) is 6.91. The van der Waals surface area contributed by atoms with Gasteiger partial charge in [-0.05, 0) is 81.0 Å². The number of amides is 2. The van der Waals surface area contributed by atoms with Gasteiger partial charge in [0.1, 0.15) is 18.0 Å². The molecule has 0 aromatic heterocycles. The van der Waals surface area contributed by atoms with E-state index in [4.69, 9.17) is 9.47 Å². The minimum atomic E-state index is -1.14. The van der Waals surface area contributed by atoms with E-state index in [0.29, 0.717) is 28.9 Å². The number of carboxylic acid groups (broad SMARTS) is 1. The van der Waals surface area contributed by atoms with Crippen molar-refractivity contribution in [2.45, 2.75) is 51.7 Å². The third-order valence-corrected chi connectivity index (χ3v) is 7.06. The molecule has 3 aromatic rings. The normalized spacial score (nSPS) is 13.9. The van der Waals surface area contributed by atoms with Crippen molar-refractivity contribution in [2.75, 3.05) is 18.4 Å². The van der Waals surface area contributed by atoms with Gasteiger partial charge in [0.05, 0.1) is 16.8 Å². The fourth-order valence-corrected chi connectivity index (χ4v) is 4.92. The van der Waals surface area contributed by atoms with E-state index in [1.165, 1.54) is 6.07 Å². The Balaban J connectivity index is 1.57. The van der Waals surface area contributed by atoms with Gasteiger partial charge in [-0.15, -0.1) is 0 Å². The Labute approximate surface area is 242 Å². The van der Waals surface area contributed by atoms with Crippen molar-refractivity contribution in [3.63, 3.8) is 0 Å². The molecule has 0 unspecified atom stereocenters. The van der Waals surface area contributed by atoms with Gasteiger partial charge in [-0.3, -0.25) is 4.79 Å². The van der Waals surface area contributed by atoms with Crippen LogP contribution in [0.5, 0.6) is 5.75 Å². The highest BCUT2D eigenvalue weighted by molar-refractivity contribution is 9.10. The number of ether oxygens (including phenoxy) is 2. The predicted molar refractivity (Wildman–Crippen MR) is 156 cm³/mol. The van der Waals surface area contributed by atoms with Crippen molar-refractivity contribution in [1.82, 2.24) is 4.90 Å². The van der Waals surface area contributed by atoms with E-state index in [9.17, 15) is 19.5 Å².